The molecule has 2 unspecified atom stereocenters. The highest BCUT2D eigenvalue weighted by molar-refractivity contribution is 5.78. The van der Waals surface area contributed by atoms with Gasteiger partial charge in [0.15, 0.2) is 0 Å². The Morgan fingerprint density at radius 1 is 1.13 bits per heavy atom. The van der Waals surface area contributed by atoms with Gasteiger partial charge in [-0.2, -0.15) is 10.4 Å². The number of amides is 1. The van der Waals surface area contributed by atoms with Gasteiger partial charge in [0.2, 0.25) is 5.91 Å². The molecule has 2 aliphatic rings. The van der Waals surface area contributed by atoms with Crippen molar-refractivity contribution in [1.29, 1.82) is 5.26 Å². The van der Waals surface area contributed by atoms with Gasteiger partial charge in [-0.3, -0.25) is 19.3 Å². The van der Waals surface area contributed by atoms with Crippen molar-refractivity contribution in [2.45, 2.75) is 39.1 Å². The van der Waals surface area contributed by atoms with Gasteiger partial charge < -0.3 is 10.1 Å². The number of carbonyl (C=O) groups excluding carboxylic acids is 1. The monoisotopic (exact) mass is 422 g/mol. The van der Waals surface area contributed by atoms with Gasteiger partial charge in [0, 0.05) is 45.0 Å². The summed E-state index contributed by atoms with van der Waals surface area (Å²) < 4.78 is 8.21. The van der Waals surface area contributed by atoms with E-state index in [1.165, 1.54) is 5.69 Å². The Morgan fingerprint density at radius 3 is 2.42 bits per heavy atom. The van der Waals surface area contributed by atoms with Gasteiger partial charge in [-0.15, -0.1) is 0 Å². The van der Waals surface area contributed by atoms with E-state index in [0.717, 1.165) is 50.5 Å². The Bertz CT molecular complexity index is 934. The number of rotatable bonds is 7. The average Bonchev–Trinajstić information content (AvgIpc) is 3.07. The van der Waals surface area contributed by atoms with E-state index in [-0.39, 0.29) is 18.1 Å². The van der Waals surface area contributed by atoms with Gasteiger partial charge in [0.1, 0.15) is 0 Å². The lowest BCUT2D eigenvalue weighted by molar-refractivity contribution is -0.145. The first-order valence-electron chi connectivity index (χ1n) is 10.9. The zero-order valence-electron chi connectivity index (χ0n) is 18.3. The summed E-state index contributed by atoms with van der Waals surface area (Å²) in [6.07, 6.45) is 0.276. The molecule has 1 aromatic carbocycles. The number of carbonyl (C=O) groups is 1. The van der Waals surface area contributed by atoms with Crippen molar-refractivity contribution in [2.24, 2.45) is 0 Å². The Labute approximate surface area is 183 Å². The van der Waals surface area contributed by atoms with Crippen LogP contribution in [0.15, 0.2) is 30.3 Å². The first-order chi connectivity index (χ1) is 15.0. The van der Waals surface area contributed by atoms with Crippen LogP contribution >= 0.6 is 0 Å². The standard InChI is InChI=1S/C23H30N6O2/c1-17-9-18(2)29(26-17)8-7-27-12-21-14-28(15-22(13-27)31-21)16-23(30)25-11-20-5-3-19(10-24)4-6-20/h3-6,9,21-22H,7-8,11-16H2,1-2H3,(H,25,30). The molecular weight excluding hydrogens is 392 g/mol. The van der Waals surface area contributed by atoms with Crippen molar-refractivity contribution in [3.05, 3.63) is 52.8 Å². The molecular formula is C23H30N6O2. The maximum absolute atomic E-state index is 12.4. The summed E-state index contributed by atoms with van der Waals surface area (Å²) in [7, 11) is 0. The van der Waals surface area contributed by atoms with Crippen LogP contribution in [0, 0.1) is 25.2 Å². The van der Waals surface area contributed by atoms with E-state index in [1.54, 1.807) is 12.1 Å². The van der Waals surface area contributed by atoms with Gasteiger partial charge in [-0.25, -0.2) is 0 Å². The molecule has 2 aliphatic heterocycles. The predicted octanol–water partition coefficient (Wildman–Crippen LogP) is 1.07. The highest BCUT2D eigenvalue weighted by Gasteiger charge is 2.35. The molecule has 8 heteroatoms. The van der Waals surface area contributed by atoms with Crippen molar-refractivity contribution >= 4 is 5.91 Å². The van der Waals surface area contributed by atoms with Gasteiger partial charge in [0.25, 0.3) is 0 Å². The second-order valence-electron chi connectivity index (χ2n) is 8.57. The van der Waals surface area contributed by atoms with E-state index < -0.39 is 0 Å². The molecule has 164 valence electrons. The van der Waals surface area contributed by atoms with Gasteiger partial charge in [-0.1, -0.05) is 12.1 Å². The molecule has 0 saturated carbocycles. The second kappa shape index (κ2) is 9.60. The molecule has 31 heavy (non-hydrogen) atoms. The summed E-state index contributed by atoms with van der Waals surface area (Å²) in [5.74, 6) is 0.0192. The van der Waals surface area contributed by atoms with E-state index in [0.29, 0.717) is 18.7 Å². The molecule has 3 heterocycles. The fourth-order valence-corrected chi connectivity index (χ4v) is 4.47. The fourth-order valence-electron chi connectivity index (χ4n) is 4.47. The number of nitrogens with one attached hydrogen (secondary N) is 1. The second-order valence-corrected chi connectivity index (χ2v) is 8.57. The number of hydrogen-bond acceptors (Lipinski definition) is 6. The molecule has 0 radical (unpaired) electrons. The lowest BCUT2D eigenvalue weighted by Gasteiger charge is -2.45. The largest absolute Gasteiger partial charge is 0.370 e. The zero-order valence-corrected chi connectivity index (χ0v) is 18.3. The number of fused-ring (bicyclic) bond motifs is 2. The highest BCUT2D eigenvalue weighted by atomic mass is 16.5. The minimum Gasteiger partial charge on any atom is -0.370 e. The Morgan fingerprint density at radius 2 is 1.81 bits per heavy atom. The van der Waals surface area contributed by atoms with Crippen LogP contribution < -0.4 is 5.32 Å². The Balaban J connectivity index is 1.21. The number of benzene rings is 1. The topological polar surface area (TPSA) is 86.4 Å². The maximum Gasteiger partial charge on any atom is 0.234 e. The fraction of sp³-hybridized carbons (Fsp3) is 0.522. The molecule has 2 atom stereocenters. The summed E-state index contributed by atoms with van der Waals surface area (Å²) >= 11 is 0. The van der Waals surface area contributed by atoms with Crippen molar-refractivity contribution in [2.75, 3.05) is 39.3 Å². The van der Waals surface area contributed by atoms with Gasteiger partial charge in [0.05, 0.1) is 42.6 Å². The van der Waals surface area contributed by atoms with Crippen LogP contribution in [0.3, 0.4) is 0 Å². The third-order valence-corrected chi connectivity index (χ3v) is 5.90. The molecule has 2 aromatic rings. The molecule has 2 bridgehead atoms. The summed E-state index contributed by atoms with van der Waals surface area (Å²) in [4.78, 5) is 17.1. The van der Waals surface area contributed by atoms with E-state index >= 15 is 0 Å². The zero-order chi connectivity index (χ0) is 21.8. The molecule has 8 nitrogen and oxygen atoms in total. The number of ether oxygens (including phenoxy) is 1. The van der Waals surface area contributed by atoms with Crippen LogP contribution in [0.25, 0.3) is 0 Å². The molecule has 4 rings (SSSR count). The molecule has 0 spiro atoms. The first kappa shape index (κ1) is 21.5. The number of aryl methyl sites for hydroxylation is 2. The van der Waals surface area contributed by atoms with Crippen LogP contribution in [-0.2, 0) is 22.6 Å². The van der Waals surface area contributed by atoms with E-state index in [9.17, 15) is 4.79 Å². The normalized spacial score (nSPS) is 21.6. The molecule has 1 aromatic heterocycles. The highest BCUT2D eigenvalue weighted by Crippen LogP contribution is 2.19. The first-order valence-corrected chi connectivity index (χ1v) is 10.9. The van der Waals surface area contributed by atoms with E-state index in [4.69, 9.17) is 10.00 Å². The smallest absolute Gasteiger partial charge is 0.234 e. The van der Waals surface area contributed by atoms with Gasteiger partial charge in [-0.05, 0) is 37.6 Å². The van der Waals surface area contributed by atoms with E-state index in [2.05, 4.69) is 44.0 Å². The van der Waals surface area contributed by atoms with Crippen molar-refractivity contribution < 1.29 is 9.53 Å². The molecule has 1 N–H and O–H groups in total. The molecule has 0 aliphatic carbocycles. The number of nitrogens with zero attached hydrogens (tertiary/aromatic N) is 5. The number of morpholine rings is 2. The Hall–Kier alpha value is -2.73. The predicted molar refractivity (Wildman–Crippen MR) is 116 cm³/mol. The summed E-state index contributed by atoms with van der Waals surface area (Å²) in [5, 5.41) is 16.4. The van der Waals surface area contributed by atoms with Crippen molar-refractivity contribution in [3.63, 3.8) is 0 Å². The summed E-state index contributed by atoms with van der Waals surface area (Å²) in [5.41, 5.74) is 3.87. The lowest BCUT2D eigenvalue weighted by atomic mass is 10.1. The lowest BCUT2D eigenvalue weighted by Crippen LogP contribution is -2.60. The molecule has 2 fully saturated rings. The van der Waals surface area contributed by atoms with Crippen LogP contribution in [0.1, 0.15) is 22.5 Å². The Kier molecular flexibility index (Phi) is 6.66. The molecule has 1 amide bonds. The molecule has 2 saturated heterocycles. The van der Waals surface area contributed by atoms with Crippen LogP contribution in [0.2, 0.25) is 0 Å². The minimum atomic E-state index is 0.0192. The third kappa shape index (κ3) is 5.70. The third-order valence-electron chi connectivity index (χ3n) is 5.90. The van der Waals surface area contributed by atoms with Gasteiger partial charge >= 0.3 is 0 Å². The van der Waals surface area contributed by atoms with Crippen LogP contribution in [-0.4, -0.2) is 77.0 Å². The van der Waals surface area contributed by atoms with Crippen LogP contribution in [0.5, 0.6) is 0 Å². The minimum absolute atomic E-state index is 0.0192. The SMILES string of the molecule is Cc1cc(C)n(CCN2CC3CN(CC(=O)NCc4ccc(C#N)cc4)CC(C2)O3)n1. The van der Waals surface area contributed by atoms with E-state index in [1.807, 2.05) is 19.1 Å². The number of aromatic nitrogens is 2. The van der Waals surface area contributed by atoms with Crippen molar-refractivity contribution in [3.8, 4) is 6.07 Å². The summed E-state index contributed by atoms with van der Waals surface area (Å²) in [6.45, 7) is 10.2. The number of hydrogen-bond donors (Lipinski definition) is 1. The quantitative estimate of drug-likeness (QED) is 0.719. The average molecular weight is 423 g/mol. The summed E-state index contributed by atoms with van der Waals surface area (Å²) in [6, 6.07) is 11.5. The maximum atomic E-state index is 12.4. The van der Waals surface area contributed by atoms with Crippen LogP contribution in [0.4, 0.5) is 0 Å². The number of nitriles is 1. The van der Waals surface area contributed by atoms with Crippen molar-refractivity contribution in [1.82, 2.24) is 24.9 Å².